The van der Waals surface area contributed by atoms with Gasteiger partial charge in [0.15, 0.2) is 5.69 Å². The van der Waals surface area contributed by atoms with Crippen LogP contribution in [0.25, 0.3) is 10.9 Å². The molecule has 1 aromatic heterocycles. The number of aromatic nitrogens is 2. The van der Waals surface area contributed by atoms with Gasteiger partial charge in [-0.2, -0.15) is 0 Å². The molecule has 0 amide bonds. The Bertz CT molecular complexity index is 641. The topological polar surface area (TPSA) is 116 Å². The van der Waals surface area contributed by atoms with Crippen molar-refractivity contribution in [3.8, 4) is 0 Å². The highest BCUT2D eigenvalue weighted by Gasteiger charge is 2.26. The molecular weight excluding hydrogens is 262 g/mol. The first-order valence-electron chi connectivity index (χ1n) is 5.99. The van der Waals surface area contributed by atoms with E-state index < -0.39 is 11.5 Å². The molecule has 7 heteroatoms. The third-order valence-electron chi connectivity index (χ3n) is 3.00. The van der Waals surface area contributed by atoms with E-state index in [-0.39, 0.29) is 24.6 Å². The molecule has 2 rings (SSSR count). The van der Waals surface area contributed by atoms with Crippen molar-refractivity contribution in [3.05, 3.63) is 30.0 Å². The van der Waals surface area contributed by atoms with Crippen LogP contribution in [0.5, 0.6) is 0 Å². The Morgan fingerprint density at radius 2 is 1.90 bits per heavy atom. The van der Waals surface area contributed by atoms with E-state index in [9.17, 15) is 20.1 Å². The van der Waals surface area contributed by atoms with Gasteiger partial charge in [0.2, 0.25) is 0 Å². The first-order valence-corrected chi connectivity index (χ1v) is 5.99. The highest BCUT2D eigenvalue weighted by molar-refractivity contribution is 6.02. The molecule has 1 heterocycles. The van der Waals surface area contributed by atoms with E-state index in [1.165, 1.54) is 0 Å². The fourth-order valence-corrected chi connectivity index (χ4v) is 1.76. The van der Waals surface area contributed by atoms with E-state index in [1.807, 2.05) is 0 Å². The number of aliphatic hydroxyl groups is 2. The highest BCUT2D eigenvalue weighted by atomic mass is 16.4. The van der Waals surface area contributed by atoms with Crippen LogP contribution in [0.3, 0.4) is 0 Å². The zero-order valence-corrected chi connectivity index (χ0v) is 10.9. The van der Waals surface area contributed by atoms with E-state index in [2.05, 4.69) is 15.5 Å². The maximum atomic E-state index is 11.3. The highest BCUT2D eigenvalue weighted by Crippen LogP contribution is 2.27. The lowest BCUT2D eigenvalue weighted by Gasteiger charge is -2.28. The van der Waals surface area contributed by atoms with Gasteiger partial charge in [0.1, 0.15) is 0 Å². The second kappa shape index (κ2) is 5.40. The van der Waals surface area contributed by atoms with Crippen LogP contribution in [0.1, 0.15) is 17.4 Å². The number of benzene rings is 1. The van der Waals surface area contributed by atoms with E-state index >= 15 is 0 Å². The van der Waals surface area contributed by atoms with Crippen LogP contribution < -0.4 is 5.32 Å². The summed E-state index contributed by atoms with van der Waals surface area (Å²) in [4.78, 5) is 11.3. The lowest BCUT2D eigenvalue weighted by Crippen LogP contribution is -2.43. The van der Waals surface area contributed by atoms with Crippen LogP contribution in [0.2, 0.25) is 0 Å². The van der Waals surface area contributed by atoms with Crippen LogP contribution in [0, 0.1) is 0 Å². The summed E-state index contributed by atoms with van der Waals surface area (Å²) in [5.41, 5.74) is -0.556. The fourth-order valence-electron chi connectivity index (χ4n) is 1.76. The smallest absolute Gasteiger partial charge is 0.358 e. The number of carboxylic acid groups (broad SMARTS) is 1. The number of hydrogen-bond acceptors (Lipinski definition) is 6. The van der Waals surface area contributed by atoms with Gasteiger partial charge in [-0.05, 0) is 13.0 Å². The molecule has 0 unspecified atom stereocenters. The van der Waals surface area contributed by atoms with Gasteiger partial charge in [-0.25, -0.2) is 4.79 Å². The Hall–Kier alpha value is -2.25. The van der Waals surface area contributed by atoms with Crippen molar-refractivity contribution >= 4 is 22.6 Å². The number of rotatable bonds is 5. The largest absolute Gasteiger partial charge is 0.476 e. The number of carbonyl (C=O) groups is 1. The van der Waals surface area contributed by atoms with Gasteiger partial charge in [0.05, 0.1) is 30.0 Å². The van der Waals surface area contributed by atoms with Crippen molar-refractivity contribution in [2.24, 2.45) is 0 Å². The first kappa shape index (κ1) is 14.2. The predicted molar refractivity (Wildman–Crippen MR) is 72.7 cm³/mol. The van der Waals surface area contributed by atoms with Gasteiger partial charge in [-0.1, -0.05) is 18.2 Å². The van der Waals surface area contributed by atoms with Gasteiger partial charge in [0.25, 0.3) is 0 Å². The monoisotopic (exact) mass is 277 g/mol. The van der Waals surface area contributed by atoms with Crippen LogP contribution in [-0.2, 0) is 0 Å². The molecule has 0 saturated carbocycles. The minimum atomic E-state index is -1.23. The summed E-state index contributed by atoms with van der Waals surface area (Å²) < 4.78 is 0. The summed E-state index contributed by atoms with van der Waals surface area (Å²) in [5, 5.41) is 38.8. The summed E-state index contributed by atoms with van der Waals surface area (Å²) in [7, 11) is 0. The normalized spacial score (nSPS) is 11.6. The van der Waals surface area contributed by atoms with Crippen molar-refractivity contribution in [2.45, 2.75) is 12.5 Å². The molecule has 106 valence electrons. The summed E-state index contributed by atoms with van der Waals surface area (Å²) in [6.45, 7) is 0.853. The molecule has 20 heavy (non-hydrogen) atoms. The van der Waals surface area contributed by atoms with Crippen molar-refractivity contribution in [1.82, 2.24) is 10.2 Å². The van der Waals surface area contributed by atoms with Crippen LogP contribution in [0.15, 0.2) is 24.3 Å². The molecule has 0 radical (unpaired) electrons. The summed E-state index contributed by atoms with van der Waals surface area (Å²) in [5.74, 6) is -1.23. The molecule has 4 N–H and O–H groups in total. The average Bonchev–Trinajstić information content (AvgIpc) is 2.47. The third-order valence-corrected chi connectivity index (χ3v) is 3.00. The molecule has 0 aliphatic carbocycles. The van der Waals surface area contributed by atoms with Crippen LogP contribution >= 0.6 is 0 Å². The second-order valence-corrected chi connectivity index (χ2v) is 4.75. The molecule has 0 fully saturated rings. The number of hydrogen-bond donors (Lipinski definition) is 4. The second-order valence-electron chi connectivity index (χ2n) is 4.75. The van der Waals surface area contributed by atoms with Gasteiger partial charge in [-0.15, -0.1) is 10.2 Å². The zero-order valence-electron chi connectivity index (χ0n) is 10.9. The molecule has 0 aliphatic rings. The number of nitrogens with zero attached hydrogens (tertiary/aromatic N) is 2. The summed E-state index contributed by atoms with van der Waals surface area (Å²) in [6.07, 6.45) is 0. The molecule has 2 aromatic rings. The Morgan fingerprint density at radius 1 is 1.25 bits per heavy atom. The number of anilines is 1. The lowest BCUT2D eigenvalue weighted by molar-refractivity contribution is 0.0690. The maximum Gasteiger partial charge on any atom is 0.358 e. The molecule has 7 nitrogen and oxygen atoms in total. The Kier molecular flexibility index (Phi) is 3.82. The van der Waals surface area contributed by atoms with Gasteiger partial charge in [-0.3, -0.25) is 0 Å². The number of aromatic carboxylic acids is 1. The van der Waals surface area contributed by atoms with Crippen molar-refractivity contribution < 1.29 is 20.1 Å². The van der Waals surface area contributed by atoms with Crippen molar-refractivity contribution in [3.63, 3.8) is 0 Å². The zero-order chi connectivity index (χ0) is 14.8. The minimum Gasteiger partial charge on any atom is -0.476 e. The Balaban J connectivity index is 2.64. The van der Waals surface area contributed by atoms with Crippen molar-refractivity contribution in [1.29, 1.82) is 0 Å². The van der Waals surface area contributed by atoms with E-state index in [1.54, 1.807) is 31.2 Å². The summed E-state index contributed by atoms with van der Waals surface area (Å²) in [6, 6.07) is 6.91. The molecule has 1 aromatic carbocycles. The molecule has 0 aliphatic heterocycles. The molecular formula is C13H15N3O4. The predicted octanol–water partition coefficient (Wildman–Crippen LogP) is 0.483. The van der Waals surface area contributed by atoms with Gasteiger partial charge < -0.3 is 20.6 Å². The molecule has 0 spiro atoms. The first-order chi connectivity index (χ1) is 9.50. The van der Waals surface area contributed by atoms with E-state index in [0.717, 1.165) is 0 Å². The molecule has 0 saturated heterocycles. The lowest BCUT2D eigenvalue weighted by atomic mass is 10.0. The van der Waals surface area contributed by atoms with Gasteiger partial charge >= 0.3 is 5.97 Å². The average molecular weight is 277 g/mol. The number of fused-ring (bicyclic) bond motifs is 1. The Labute approximate surface area is 114 Å². The summed E-state index contributed by atoms with van der Waals surface area (Å²) >= 11 is 0. The van der Waals surface area contributed by atoms with Crippen molar-refractivity contribution in [2.75, 3.05) is 18.5 Å². The number of nitrogens with one attached hydrogen (secondary N) is 1. The quantitative estimate of drug-likeness (QED) is 0.628. The van der Waals surface area contributed by atoms with E-state index in [0.29, 0.717) is 10.9 Å². The van der Waals surface area contributed by atoms with Crippen LogP contribution in [-0.4, -0.2) is 50.2 Å². The maximum absolute atomic E-state index is 11.3. The van der Waals surface area contributed by atoms with E-state index in [4.69, 9.17) is 0 Å². The number of aliphatic hydroxyl groups excluding tert-OH is 2. The number of carboxylic acids is 1. The van der Waals surface area contributed by atoms with Crippen LogP contribution in [0.4, 0.5) is 5.69 Å². The Morgan fingerprint density at radius 3 is 2.50 bits per heavy atom. The third kappa shape index (κ3) is 2.54. The fraction of sp³-hybridized carbons (Fsp3) is 0.308. The van der Waals surface area contributed by atoms with Gasteiger partial charge in [0, 0.05) is 5.39 Å². The molecule has 0 atom stereocenters. The SMILES string of the molecule is CC(CO)(CO)Nc1c(C(=O)O)nnc2ccccc12. The molecule has 0 bridgehead atoms. The standard InChI is InChI=1S/C13H15N3O4/c1-13(6-17,7-18)14-10-8-4-2-3-5-9(8)15-16-11(10)12(19)20/h2-5,17-18H,6-7H2,1H3,(H,14,15)(H,19,20). The minimum absolute atomic E-state index is 0.230.